The van der Waals surface area contributed by atoms with Crippen molar-refractivity contribution in [2.75, 3.05) is 5.32 Å². The molecule has 1 N–H and O–H groups in total. The fraction of sp³-hybridized carbons (Fsp3) is 0.345. The first kappa shape index (κ1) is 24.2. The molecule has 4 nitrogen and oxygen atoms in total. The summed E-state index contributed by atoms with van der Waals surface area (Å²) in [6.45, 7) is 12.9. The van der Waals surface area contributed by atoms with Gasteiger partial charge in [-0.3, -0.25) is 5.32 Å². The highest BCUT2D eigenvalue weighted by atomic mass is 35.5. The van der Waals surface area contributed by atoms with Gasteiger partial charge in [0.05, 0.1) is 10.7 Å². The van der Waals surface area contributed by atoms with Crippen LogP contribution < -0.4 is 10.1 Å². The van der Waals surface area contributed by atoms with E-state index in [1.807, 2.05) is 50.2 Å². The van der Waals surface area contributed by atoms with E-state index in [0.29, 0.717) is 17.4 Å². The van der Waals surface area contributed by atoms with Gasteiger partial charge in [0.15, 0.2) is 6.10 Å². The summed E-state index contributed by atoms with van der Waals surface area (Å²) >= 11 is 6.60. The highest BCUT2D eigenvalue weighted by Crippen LogP contribution is 2.45. The van der Waals surface area contributed by atoms with Crippen LogP contribution in [0.2, 0.25) is 5.02 Å². The number of nitrogens with one attached hydrogen (secondary N) is 1. The molecule has 0 fully saturated rings. The Labute approximate surface area is 207 Å². The van der Waals surface area contributed by atoms with E-state index in [4.69, 9.17) is 21.1 Å². The van der Waals surface area contributed by atoms with Crippen LogP contribution >= 0.6 is 11.6 Å². The highest BCUT2D eigenvalue weighted by molar-refractivity contribution is 6.32. The Morgan fingerprint density at radius 3 is 2.32 bits per heavy atom. The van der Waals surface area contributed by atoms with Gasteiger partial charge in [0.1, 0.15) is 12.4 Å². The van der Waals surface area contributed by atoms with E-state index in [0.717, 1.165) is 44.6 Å². The van der Waals surface area contributed by atoms with Gasteiger partial charge in [-0.1, -0.05) is 81.8 Å². The summed E-state index contributed by atoms with van der Waals surface area (Å²) in [5.74, 6) is 1.08. The number of hydrogen-bond donors (Lipinski definition) is 1. The van der Waals surface area contributed by atoms with Crippen LogP contribution in [0.15, 0.2) is 48.5 Å². The topological polar surface area (TPSA) is 47.6 Å². The molecule has 0 saturated heterocycles. The summed E-state index contributed by atoms with van der Waals surface area (Å²) < 4.78 is 12.3. The van der Waals surface area contributed by atoms with E-state index in [1.165, 1.54) is 0 Å². The normalized spacial score (nSPS) is 14.8. The number of rotatable bonds is 4. The van der Waals surface area contributed by atoms with Crippen molar-refractivity contribution in [1.82, 2.24) is 0 Å². The molecule has 3 aromatic carbocycles. The number of hydrogen-bond acceptors (Lipinski definition) is 3. The molecule has 4 rings (SSSR count). The molecule has 3 aromatic rings. The smallest absolute Gasteiger partial charge is 0.412 e. The Bertz CT molecular complexity index is 1210. The van der Waals surface area contributed by atoms with E-state index in [-0.39, 0.29) is 11.8 Å². The van der Waals surface area contributed by atoms with Gasteiger partial charge < -0.3 is 9.47 Å². The average molecular weight is 478 g/mol. The number of halogens is 1. The van der Waals surface area contributed by atoms with Gasteiger partial charge in [-0.2, -0.15) is 0 Å². The standard InChI is InChI=1S/C29H32ClNO3/c1-16(2)21-12-9-13-22(17(3)4)26(21)31-29(32)34-27-23-11-8-7-10-20(23)15-33-28-24(30)14-18(5)19(6)25(27)28/h7-14,16-17,27H,15H2,1-6H3,(H,31,32). The summed E-state index contributed by atoms with van der Waals surface area (Å²) in [6.07, 6.45) is -1.14. The van der Waals surface area contributed by atoms with Crippen LogP contribution in [0.4, 0.5) is 10.5 Å². The van der Waals surface area contributed by atoms with Crippen molar-refractivity contribution in [3.05, 3.63) is 92.5 Å². The van der Waals surface area contributed by atoms with Crippen molar-refractivity contribution in [2.45, 2.75) is 66.1 Å². The minimum atomic E-state index is -0.639. The van der Waals surface area contributed by atoms with Crippen LogP contribution in [0.5, 0.6) is 5.75 Å². The lowest BCUT2D eigenvalue weighted by Gasteiger charge is -2.25. The molecule has 1 heterocycles. The fourth-order valence-corrected chi connectivity index (χ4v) is 4.94. The number of ether oxygens (including phenoxy) is 2. The second-order valence-corrected chi connectivity index (χ2v) is 9.97. The zero-order chi connectivity index (χ0) is 24.6. The largest absolute Gasteiger partial charge is 0.487 e. The maximum absolute atomic E-state index is 13.4. The molecule has 0 spiro atoms. The third-order valence-corrected chi connectivity index (χ3v) is 6.88. The van der Waals surface area contributed by atoms with Crippen LogP contribution in [0.1, 0.15) is 84.6 Å². The average Bonchev–Trinajstić information content (AvgIpc) is 2.95. The molecule has 5 heteroatoms. The van der Waals surface area contributed by atoms with Crippen molar-refractivity contribution < 1.29 is 14.3 Å². The molecule has 178 valence electrons. The van der Waals surface area contributed by atoms with E-state index in [9.17, 15) is 4.79 Å². The second-order valence-electron chi connectivity index (χ2n) is 9.56. The number of fused-ring (bicyclic) bond motifs is 2. The molecule has 34 heavy (non-hydrogen) atoms. The molecule has 1 aliphatic heterocycles. The van der Waals surface area contributed by atoms with Gasteiger partial charge >= 0.3 is 6.09 Å². The molecular weight excluding hydrogens is 446 g/mol. The van der Waals surface area contributed by atoms with Crippen molar-refractivity contribution in [2.24, 2.45) is 0 Å². The molecule has 1 amide bonds. The Hall–Kier alpha value is -2.98. The molecule has 0 saturated carbocycles. The number of amides is 1. The minimum Gasteiger partial charge on any atom is -0.487 e. The third-order valence-electron chi connectivity index (χ3n) is 6.60. The number of anilines is 1. The lowest BCUT2D eigenvalue weighted by Crippen LogP contribution is -2.21. The SMILES string of the molecule is Cc1cc(Cl)c2c(c1C)C(OC(=O)Nc1c(C(C)C)cccc1C(C)C)c1ccccc1CO2. The monoisotopic (exact) mass is 477 g/mol. The zero-order valence-electron chi connectivity index (χ0n) is 20.7. The second kappa shape index (κ2) is 9.71. The van der Waals surface area contributed by atoms with Crippen molar-refractivity contribution >= 4 is 23.4 Å². The molecule has 1 unspecified atom stereocenters. The Morgan fingerprint density at radius 2 is 1.68 bits per heavy atom. The van der Waals surface area contributed by atoms with E-state index in [2.05, 4.69) is 45.1 Å². The molecule has 0 aromatic heterocycles. The number of aryl methyl sites for hydroxylation is 1. The summed E-state index contributed by atoms with van der Waals surface area (Å²) in [6, 6.07) is 16.0. The molecular formula is C29H32ClNO3. The molecule has 1 aliphatic rings. The van der Waals surface area contributed by atoms with Crippen LogP contribution in [0.3, 0.4) is 0 Å². The quantitative estimate of drug-likeness (QED) is 0.410. The number of carbonyl (C=O) groups excluding carboxylic acids is 1. The van der Waals surface area contributed by atoms with Crippen molar-refractivity contribution in [1.29, 1.82) is 0 Å². The van der Waals surface area contributed by atoms with Gasteiger partial charge in [-0.15, -0.1) is 0 Å². The maximum Gasteiger partial charge on any atom is 0.412 e. The Kier molecular flexibility index (Phi) is 6.90. The van der Waals surface area contributed by atoms with Gasteiger partial charge in [-0.25, -0.2) is 4.79 Å². The summed E-state index contributed by atoms with van der Waals surface area (Å²) in [5.41, 5.74) is 7.69. The van der Waals surface area contributed by atoms with Crippen molar-refractivity contribution in [3.8, 4) is 5.75 Å². The lowest BCUT2D eigenvalue weighted by molar-refractivity contribution is 0.130. The lowest BCUT2D eigenvalue weighted by atomic mass is 9.92. The number of carbonyl (C=O) groups is 1. The summed E-state index contributed by atoms with van der Waals surface area (Å²) in [7, 11) is 0. The Morgan fingerprint density at radius 1 is 1.03 bits per heavy atom. The predicted octanol–water partition coefficient (Wildman–Crippen LogP) is 8.43. The van der Waals surface area contributed by atoms with Gasteiger partial charge in [-0.05, 0) is 59.6 Å². The first-order valence-corrected chi connectivity index (χ1v) is 12.2. The summed E-state index contributed by atoms with van der Waals surface area (Å²) in [5, 5.41) is 3.61. The number of benzene rings is 3. The molecule has 0 bridgehead atoms. The van der Waals surface area contributed by atoms with E-state index >= 15 is 0 Å². The first-order valence-electron chi connectivity index (χ1n) is 11.8. The fourth-order valence-electron chi connectivity index (χ4n) is 4.62. The van der Waals surface area contributed by atoms with Crippen LogP contribution in [-0.4, -0.2) is 6.09 Å². The third kappa shape index (κ3) is 4.52. The summed E-state index contributed by atoms with van der Waals surface area (Å²) in [4.78, 5) is 13.4. The number of para-hydroxylation sites is 1. The van der Waals surface area contributed by atoms with Gasteiger partial charge in [0.2, 0.25) is 0 Å². The van der Waals surface area contributed by atoms with Crippen LogP contribution in [-0.2, 0) is 11.3 Å². The molecule has 0 radical (unpaired) electrons. The van der Waals surface area contributed by atoms with Crippen molar-refractivity contribution in [3.63, 3.8) is 0 Å². The Balaban J connectivity index is 1.78. The van der Waals surface area contributed by atoms with Gasteiger partial charge in [0.25, 0.3) is 0 Å². The van der Waals surface area contributed by atoms with Crippen LogP contribution in [0.25, 0.3) is 0 Å². The minimum absolute atomic E-state index is 0.255. The van der Waals surface area contributed by atoms with E-state index in [1.54, 1.807) is 0 Å². The molecule has 1 atom stereocenters. The maximum atomic E-state index is 13.4. The highest BCUT2D eigenvalue weighted by Gasteiger charge is 2.32. The molecule has 0 aliphatic carbocycles. The van der Waals surface area contributed by atoms with Crippen LogP contribution in [0, 0.1) is 13.8 Å². The van der Waals surface area contributed by atoms with E-state index < -0.39 is 12.2 Å². The first-order chi connectivity index (χ1) is 16.2. The van der Waals surface area contributed by atoms with Gasteiger partial charge in [0, 0.05) is 11.1 Å². The zero-order valence-corrected chi connectivity index (χ0v) is 21.4. The predicted molar refractivity (Wildman–Crippen MR) is 138 cm³/mol.